The van der Waals surface area contributed by atoms with Gasteiger partial charge in [0.15, 0.2) is 0 Å². The van der Waals surface area contributed by atoms with Gasteiger partial charge in [-0.15, -0.1) is 0 Å². The van der Waals surface area contributed by atoms with Gasteiger partial charge < -0.3 is 15.0 Å². The monoisotopic (exact) mass is 383 g/mol. The first kappa shape index (κ1) is 18.7. The number of likely N-dealkylation sites (N-methyl/N-ethyl adjacent to an activating group) is 1. The van der Waals surface area contributed by atoms with E-state index in [9.17, 15) is 9.59 Å². The maximum atomic E-state index is 12.8. The number of carbonyl (C=O) groups excluding carboxylic acids is 2. The van der Waals surface area contributed by atoms with Crippen molar-refractivity contribution in [1.29, 1.82) is 0 Å². The second-order valence-electron chi connectivity index (χ2n) is 5.95. The molecule has 1 N–H and O–H groups in total. The Morgan fingerprint density at radius 3 is 2.70 bits per heavy atom. The SMILES string of the molecule is COc1cccc(NC(=O)CN(C)C(=O)c2cc(Cl)nc3ccccc23)c1. The summed E-state index contributed by atoms with van der Waals surface area (Å²) in [7, 11) is 3.12. The van der Waals surface area contributed by atoms with Crippen molar-refractivity contribution in [2.75, 3.05) is 26.0 Å². The predicted octanol–water partition coefficient (Wildman–Crippen LogP) is 3.61. The number of pyridine rings is 1. The number of rotatable bonds is 5. The highest BCUT2D eigenvalue weighted by molar-refractivity contribution is 6.30. The van der Waals surface area contributed by atoms with E-state index in [1.807, 2.05) is 12.1 Å². The number of fused-ring (bicyclic) bond motifs is 1. The Labute approximate surface area is 161 Å². The lowest BCUT2D eigenvalue weighted by molar-refractivity contribution is -0.116. The third-order valence-electron chi connectivity index (χ3n) is 4.00. The minimum Gasteiger partial charge on any atom is -0.497 e. The van der Waals surface area contributed by atoms with Crippen molar-refractivity contribution >= 4 is 40.0 Å². The number of para-hydroxylation sites is 1. The van der Waals surface area contributed by atoms with Crippen molar-refractivity contribution in [3.63, 3.8) is 0 Å². The molecule has 0 bridgehead atoms. The number of methoxy groups -OCH3 is 1. The quantitative estimate of drug-likeness (QED) is 0.683. The zero-order valence-corrected chi connectivity index (χ0v) is 15.7. The second-order valence-corrected chi connectivity index (χ2v) is 6.34. The summed E-state index contributed by atoms with van der Waals surface area (Å²) in [6.07, 6.45) is 0. The van der Waals surface area contributed by atoms with Gasteiger partial charge in [-0.3, -0.25) is 9.59 Å². The van der Waals surface area contributed by atoms with Crippen LogP contribution in [0.5, 0.6) is 5.75 Å². The molecule has 2 amide bonds. The average Bonchev–Trinajstić information content (AvgIpc) is 2.66. The zero-order valence-electron chi connectivity index (χ0n) is 14.9. The van der Waals surface area contributed by atoms with Crippen molar-refractivity contribution in [2.24, 2.45) is 0 Å². The summed E-state index contributed by atoms with van der Waals surface area (Å²) in [5.74, 6) is 0.00924. The molecule has 27 heavy (non-hydrogen) atoms. The Hall–Kier alpha value is -3.12. The van der Waals surface area contributed by atoms with Crippen LogP contribution in [0.3, 0.4) is 0 Å². The van der Waals surface area contributed by atoms with Gasteiger partial charge in [-0.25, -0.2) is 4.98 Å². The number of nitrogens with zero attached hydrogens (tertiary/aromatic N) is 2. The van der Waals surface area contributed by atoms with Crippen molar-refractivity contribution in [1.82, 2.24) is 9.88 Å². The van der Waals surface area contributed by atoms with E-state index in [-0.39, 0.29) is 23.5 Å². The van der Waals surface area contributed by atoms with Gasteiger partial charge in [0.2, 0.25) is 5.91 Å². The average molecular weight is 384 g/mol. The maximum absolute atomic E-state index is 12.8. The van der Waals surface area contributed by atoms with E-state index in [0.717, 1.165) is 0 Å². The number of hydrogen-bond donors (Lipinski definition) is 1. The lowest BCUT2D eigenvalue weighted by Gasteiger charge is -2.18. The number of nitrogens with one attached hydrogen (secondary N) is 1. The predicted molar refractivity (Wildman–Crippen MR) is 105 cm³/mol. The number of ether oxygens (including phenoxy) is 1. The highest BCUT2D eigenvalue weighted by atomic mass is 35.5. The smallest absolute Gasteiger partial charge is 0.254 e. The van der Waals surface area contributed by atoms with Crippen LogP contribution >= 0.6 is 11.6 Å². The summed E-state index contributed by atoms with van der Waals surface area (Å²) in [5, 5.41) is 3.67. The van der Waals surface area contributed by atoms with Crippen LogP contribution in [-0.2, 0) is 4.79 Å². The Morgan fingerprint density at radius 1 is 1.15 bits per heavy atom. The fraction of sp³-hybridized carbons (Fsp3) is 0.150. The van der Waals surface area contributed by atoms with Gasteiger partial charge in [0, 0.05) is 24.2 Å². The van der Waals surface area contributed by atoms with Crippen LogP contribution in [0.15, 0.2) is 54.6 Å². The highest BCUT2D eigenvalue weighted by Crippen LogP contribution is 2.22. The van der Waals surface area contributed by atoms with Gasteiger partial charge in [0.25, 0.3) is 5.91 Å². The second kappa shape index (κ2) is 8.05. The minimum absolute atomic E-state index is 0.107. The first-order chi connectivity index (χ1) is 13.0. The number of carbonyl (C=O) groups is 2. The van der Waals surface area contributed by atoms with E-state index in [4.69, 9.17) is 16.3 Å². The van der Waals surface area contributed by atoms with E-state index >= 15 is 0 Å². The third kappa shape index (κ3) is 4.35. The lowest BCUT2D eigenvalue weighted by Crippen LogP contribution is -2.35. The molecule has 6 nitrogen and oxygen atoms in total. The molecule has 0 atom stereocenters. The van der Waals surface area contributed by atoms with Crippen LogP contribution < -0.4 is 10.1 Å². The van der Waals surface area contributed by atoms with Gasteiger partial charge in [-0.2, -0.15) is 0 Å². The van der Waals surface area contributed by atoms with Crippen molar-refractivity contribution < 1.29 is 14.3 Å². The van der Waals surface area contributed by atoms with Crippen LogP contribution in [0, 0.1) is 0 Å². The molecule has 0 saturated carbocycles. The molecule has 0 spiro atoms. The van der Waals surface area contributed by atoms with E-state index in [1.54, 1.807) is 50.6 Å². The first-order valence-electron chi connectivity index (χ1n) is 8.22. The van der Waals surface area contributed by atoms with Gasteiger partial charge in [0.05, 0.1) is 24.7 Å². The molecule has 0 aliphatic carbocycles. The van der Waals surface area contributed by atoms with Crippen LogP contribution in [0.1, 0.15) is 10.4 Å². The molecule has 0 radical (unpaired) electrons. The summed E-state index contributed by atoms with van der Waals surface area (Å²) in [6, 6.07) is 15.8. The van der Waals surface area contributed by atoms with E-state index in [0.29, 0.717) is 27.9 Å². The molecule has 0 unspecified atom stereocenters. The summed E-state index contributed by atoms with van der Waals surface area (Å²) in [5.41, 5.74) is 1.63. The minimum atomic E-state index is -0.316. The molecule has 2 aromatic carbocycles. The molecule has 1 aromatic heterocycles. The molecule has 3 rings (SSSR count). The maximum Gasteiger partial charge on any atom is 0.254 e. The van der Waals surface area contributed by atoms with Crippen molar-refractivity contribution in [3.8, 4) is 5.75 Å². The lowest BCUT2D eigenvalue weighted by atomic mass is 10.1. The molecule has 1 heterocycles. The molecule has 0 fully saturated rings. The fourth-order valence-corrected chi connectivity index (χ4v) is 2.91. The van der Waals surface area contributed by atoms with Gasteiger partial charge in [0.1, 0.15) is 10.9 Å². The summed E-state index contributed by atoms with van der Waals surface area (Å²) >= 11 is 6.04. The van der Waals surface area contributed by atoms with Crippen LogP contribution in [-0.4, -0.2) is 42.4 Å². The van der Waals surface area contributed by atoms with Crippen molar-refractivity contribution in [2.45, 2.75) is 0 Å². The standard InChI is InChI=1S/C20H18ClN3O3/c1-24(12-19(25)22-13-6-5-7-14(10-13)27-2)20(26)16-11-18(21)23-17-9-4-3-8-15(16)17/h3-11H,12H2,1-2H3,(H,22,25). The Morgan fingerprint density at radius 2 is 1.93 bits per heavy atom. The fourth-order valence-electron chi connectivity index (χ4n) is 2.71. The molecule has 7 heteroatoms. The van der Waals surface area contributed by atoms with E-state index in [2.05, 4.69) is 10.3 Å². The molecule has 0 aliphatic rings. The van der Waals surface area contributed by atoms with Crippen molar-refractivity contribution in [3.05, 3.63) is 65.3 Å². The van der Waals surface area contributed by atoms with Gasteiger partial charge >= 0.3 is 0 Å². The zero-order chi connectivity index (χ0) is 19.4. The molecule has 0 aliphatic heterocycles. The topological polar surface area (TPSA) is 71.5 Å². The number of aromatic nitrogens is 1. The Bertz CT molecular complexity index is 1010. The molecular weight excluding hydrogens is 366 g/mol. The van der Waals surface area contributed by atoms with Gasteiger partial charge in [-0.1, -0.05) is 35.9 Å². The number of benzene rings is 2. The number of anilines is 1. The third-order valence-corrected chi connectivity index (χ3v) is 4.19. The Balaban J connectivity index is 1.75. The molecular formula is C20H18ClN3O3. The van der Waals surface area contributed by atoms with Crippen LogP contribution in [0.4, 0.5) is 5.69 Å². The normalized spacial score (nSPS) is 10.5. The van der Waals surface area contributed by atoms with E-state index in [1.165, 1.54) is 11.0 Å². The summed E-state index contributed by atoms with van der Waals surface area (Å²) in [4.78, 5) is 30.7. The number of amides is 2. The molecule has 138 valence electrons. The molecule has 0 saturated heterocycles. The van der Waals surface area contributed by atoms with E-state index < -0.39 is 0 Å². The van der Waals surface area contributed by atoms with Crippen LogP contribution in [0.25, 0.3) is 10.9 Å². The number of halogens is 1. The van der Waals surface area contributed by atoms with Gasteiger partial charge in [-0.05, 0) is 24.3 Å². The molecule has 3 aromatic rings. The largest absolute Gasteiger partial charge is 0.497 e. The summed E-state index contributed by atoms with van der Waals surface area (Å²) in [6.45, 7) is -0.107. The number of hydrogen-bond acceptors (Lipinski definition) is 4. The highest BCUT2D eigenvalue weighted by Gasteiger charge is 2.18. The first-order valence-corrected chi connectivity index (χ1v) is 8.60. The van der Waals surface area contributed by atoms with Crippen LogP contribution in [0.2, 0.25) is 5.15 Å². The Kier molecular flexibility index (Phi) is 5.57. The summed E-state index contributed by atoms with van der Waals surface area (Å²) < 4.78 is 5.13.